The summed E-state index contributed by atoms with van der Waals surface area (Å²) < 4.78 is 7.27. The van der Waals surface area contributed by atoms with Crippen molar-refractivity contribution >= 4 is 11.6 Å². The molecule has 0 bridgehead atoms. The first kappa shape index (κ1) is 12.9. The molecule has 2 aromatic rings. The standard InChI is InChI=1S/C13H16ClN3O/c1-3-18-11-7-5-4-6-9(11)12(15)13-10(14)8-16-17(13)2/h4-8,12H,3,15H2,1-2H3. The summed E-state index contributed by atoms with van der Waals surface area (Å²) in [5.74, 6) is 0.782. The van der Waals surface area contributed by atoms with Crippen LogP contribution in [-0.2, 0) is 7.05 Å². The zero-order valence-corrected chi connectivity index (χ0v) is 11.2. The molecule has 1 atom stereocenters. The van der Waals surface area contributed by atoms with Crippen LogP contribution in [0.15, 0.2) is 30.5 Å². The van der Waals surface area contributed by atoms with Gasteiger partial charge >= 0.3 is 0 Å². The van der Waals surface area contributed by atoms with Crippen LogP contribution in [0.5, 0.6) is 5.75 Å². The van der Waals surface area contributed by atoms with Gasteiger partial charge in [0.25, 0.3) is 0 Å². The van der Waals surface area contributed by atoms with Gasteiger partial charge in [0.15, 0.2) is 0 Å². The lowest BCUT2D eigenvalue weighted by molar-refractivity contribution is 0.335. The molecule has 0 aliphatic rings. The topological polar surface area (TPSA) is 53.1 Å². The number of nitrogens with zero attached hydrogens (tertiary/aromatic N) is 2. The molecule has 0 spiro atoms. The lowest BCUT2D eigenvalue weighted by Crippen LogP contribution is -2.17. The van der Waals surface area contributed by atoms with Crippen molar-refractivity contribution in [3.05, 3.63) is 46.7 Å². The van der Waals surface area contributed by atoms with Gasteiger partial charge in [0.2, 0.25) is 0 Å². The van der Waals surface area contributed by atoms with Crippen LogP contribution in [0.1, 0.15) is 24.2 Å². The van der Waals surface area contributed by atoms with Gasteiger partial charge in [-0.05, 0) is 13.0 Å². The molecular weight excluding hydrogens is 250 g/mol. The van der Waals surface area contributed by atoms with E-state index in [9.17, 15) is 0 Å². The van der Waals surface area contributed by atoms with E-state index in [1.165, 1.54) is 0 Å². The fourth-order valence-electron chi connectivity index (χ4n) is 1.94. The zero-order valence-electron chi connectivity index (χ0n) is 10.4. The summed E-state index contributed by atoms with van der Waals surface area (Å²) in [7, 11) is 1.82. The molecule has 0 aliphatic heterocycles. The van der Waals surface area contributed by atoms with E-state index in [4.69, 9.17) is 22.1 Å². The largest absolute Gasteiger partial charge is 0.494 e. The van der Waals surface area contributed by atoms with Gasteiger partial charge in [-0.1, -0.05) is 29.8 Å². The highest BCUT2D eigenvalue weighted by Gasteiger charge is 2.20. The Hall–Kier alpha value is -1.52. The second-order valence-electron chi connectivity index (χ2n) is 3.95. The molecule has 0 saturated heterocycles. The van der Waals surface area contributed by atoms with Crippen LogP contribution in [0.4, 0.5) is 0 Å². The predicted octanol–water partition coefficient (Wildman–Crippen LogP) is 2.52. The molecule has 0 aliphatic carbocycles. The minimum absolute atomic E-state index is 0.354. The van der Waals surface area contributed by atoms with E-state index in [-0.39, 0.29) is 6.04 Å². The highest BCUT2D eigenvalue weighted by molar-refractivity contribution is 6.31. The Morgan fingerprint density at radius 2 is 2.17 bits per heavy atom. The highest BCUT2D eigenvalue weighted by Crippen LogP contribution is 2.31. The molecule has 0 fully saturated rings. The average Bonchev–Trinajstić information content (AvgIpc) is 2.69. The van der Waals surface area contributed by atoms with Crippen molar-refractivity contribution in [1.29, 1.82) is 0 Å². The molecule has 5 heteroatoms. The highest BCUT2D eigenvalue weighted by atomic mass is 35.5. The lowest BCUT2D eigenvalue weighted by Gasteiger charge is -2.17. The summed E-state index contributed by atoms with van der Waals surface area (Å²) in [4.78, 5) is 0. The van der Waals surface area contributed by atoms with Crippen molar-refractivity contribution in [3.63, 3.8) is 0 Å². The molecule has 2 rings (SSSR count). The van der Waals surface area contributed by atoms with E-state index in [1.54, 1.807) is 10.9 Å². The summed E-state index contributed by atoms with van der Waals surface area (Å²) >= 11 is 6.12. The van der Waals surface area contributed by atoms with Crippen molar-refractivity contribution in [2.75, 3.05) is 6.61 Å². The van der Waals surface area contributed by atoms with E-state index < -0.39 is 0 Å². The Morgan fingerprint density at radius 3 is 2.78 bits per heavy atom. The fraction of sp³-hybridized carbons (Fsp3) is 0.308. The number of aromatic nitrogens is 2. The van der Waals surface area contributed by atoms with Crippen molar-refractivity contribution < 1.29 is 4.74 Å². The first-order valence-electron chi connectivity index (χ1n) is 5.79. The second-order valence-corrected chi connectivity index (χ2v) is 4.36. The number of aryl methyl sites for hydroxylation is 1. The predicted molar refractivity (Wildman–Crippen MR) is 71.9 cm³/mol. The number of halogens is 1. The molecule has 1 aromatic heterocycles. The maximum absolute atomic E-state index is 6.27. The molecule has 18 heavy (non-hydrogen) atoms. The van der Waals surface area contributed by atoms with E-state index in [0.717, 1.165) is 17.0 Å². The molecule has 0 saturated carbocycles. The monoisotopic (exact) mass is 265 g/mol. The van der Waals surface area contributed by atoms with Gasteiger partial charge in [0, 0.05) is 12.6 Å². The van der Waals surface area contributed by atoms with Crippen LogP contribution in [0, 0.1) is 0 Å². The fourth-order valence-corrected chi connectivity index (χ4v) is 2.23. The third kappa shape index (κ3) is 2.35. The molecule has 0 amide bonds. The molecule has 4 nitrogen and oxygen atoms in total. The minimum Gasteiger partial charge on any atom is -0.494 e. The summed E-state index contributed by atoms with van der Waals surface area (Å²) in [5, 5.41) is 4.67. The van der Waals surface area contributed by atoms with Gasteiger partial charge in [0.05, 0.1) is 29.6 Å². The maximum atomic E-state index is 6.27. The van der Waals surface area contributed by atoms with Gasteiger partial charge in [-0.25, -0.2) is 0 Å². The third-order valence-corrected chi connectivity index (χ3v) is 3.08. The molecule has 96 valence electrons. The maximum Gasteiger partial charge on any atom is 0.124 e. The molecular formula is C13H16ClN3O. The van der Waals surface area contributed by atoms with Crippen LogP contribution in [0.2, 0.25) is 5.02 Å². The summed E-state index contributed by atoms with van der Waals surface area (Å²) in [5.41, 5.74) is 7.96. The molecule has 1 unspecified atom stereocenters. The Morgan fingerprint density at radius 1 is 1.44 bits per heavy atom. The normalized spacial score (nSPS) is 12.4. The summed E-state index contributed by atoms with van der Waals surface area (Å²) in [6, 6.07) is 7.35. The van der Waals surface area contributed by atoms with E-state index in [2.05, 4.69) is 5.10 Å². The number of nitrogens with two attached hydrogens (primary N) is 1. The van der Waals surface area contributed by atoms with Crippen LogP contribution in [0.25, 0.3) is 0 Å². The van der Waals surface area contributed by atoms with E-state index >= 15 is 0 Å². The van der Waals surface area contributed by atoms with Gasteiger partial charge in [-0.2, -0.15) is 5.10 Å². The van der Waals surface area contributed by atoms with Crippen LogP contribution in [0.3, 0.4) is 0 Å². The van der Waals surface area contributed by atoms with Gasteiger partial charge in [0.1, 0.15) is 5.75 Å². The molecule has 2 N–H and O–H groups in total. The quantitative estimate of drug-likeness (QED) is 0.924. The van der Waals surface area contributed by atoms with Crippen LogP contribution < -0.4 is 10.5 Å². The smallest absolute Gasteiger partial charge is 0.124 e. The summed E-state index contributed by atoms with van der Waals surface area (Å²) in [6.07, 6.45) is 1.60. The van der Waals surface area contributed by atoms with Crippen molar-refractivity contribution in [1.82, 2.24) is 9.78 Å². The number of para-hydroxylation sites is 1. The number of rotatable bonds is 4. The SMILES string of the molecule is CCOc1ccccc1C(N)c1c(Cl)cnn1C. The van der Waals surface area contributed by atoms with E-state index in [0.29, 0.717) is 11.6 Å². The first-order chi connectivity index (χ1) is 8.65. The molecule has 1 heterocycles. The average molecular weight is 266 g/mol. The van der Waals surface area contributed by atoms with Gasteiger partial charge < -0.3 is 10.5 Å². The Bertz CT molecular complexity index is 519. The van der Waals surface area contributed by atoms with Crippen LogP contribution >= 0.6 is 11.6 Å². The van der Waals surface area contributed by atoms with Crippen molar-refractivity contribution in [2.24, 2.45) is 12.8 Å². The number of hydrogen-bond acceptors (Lipinski definition) is 3. The number of hydrogen-bond donors (Lipinski definition) is 1. The van der Waals surface area contributed by atoms with Gasteiger partial charge in [-0.3, -0.25) is 4.68 Å². The second kappa shape index (κ2) is 5.42. The van der Waals surface area contributed by atoms with Crippen molar-refractivity contribution in [2.45, 2.75) is 13.0 Å². The molecule has 0 radical (unpaired) electrons. The lowest BCUT2D eigenvalue weighted by atomic mass is 10.0. The molecule has 1 aromatic carbocycles. The minimum atomic E-state index is -0.354. The van der Waals surface area contributed by atoms with E-state index in [1.807, 2.05) is 38.2 Å². The zero-order chi connectivity index (χ0) is 13.1. The van der Waals surface area contributed by atoms with Gasteiger partial charge in [-0.15, -0.1) is 0 Å². The van der Waals surface area contributed by atoms with Crippen LogP contribution in [-0.4, -0.2) is 16.4 Å². The number of ether oxygens (including phenoxy) is 1. The Kier molecular flexibility index (Phi) is 3.89. The Balaban J connectivity index is 2.43. The first-order valence-corrected chi connectivity index (χ1v) is 6.17. The summed E-state index contributed by atoms with van der Waals surface area (Å²) in [6.45, 7) is 2.54. The number of benzene rings is 1. The Labute approximate surface area is 111 Å². The van der Waals surface area contributed by atoms with Crippen molar-refractivity contribution in [3.8, 4) is 5.75 Å². The third-order valence-electron chi connectivity index (χ3n) is 2.79.